The van der Waals surface area contributed by atoms with E-state index in [1.165, 1.54) is 6.42 Å². The first-order valence-electron chi connectivity index (χ1n) is 8.08. The Labute approximate surface area is 124 Å². The Morgan fingerprint density at radius 3 is 2.70 bits per heavy atom. The van der Waals surface area contributed by atoms with Crippen LogP contribution in [0.25, 0.3) is 0 Å². The fraction of sp³-hybridized carbons (Fsp3) is 0.938. The lowest BCUT2D eigenvalue weighted by Gasteiger charge is -2.35. The third-order valence-corrected chi connectivity index (χ3v) is 4.11. The zero-order valence-electron chi connectivity index (χ0n) is 13.8. The molecule has 1 heterocycles. The van der Waals surface area contributed by atoms with E-state index in [9.17, 15) is 4.79 Å². The molecule has 0 saturated carbocycles. The number of amides is 1. The van der Waals surface area contributed by atoms with Gasteiger partial charge in [0.25, 0.3) is 0 Å². The van der Waals surface area contributed by atoms with Gasteiger partial charge in [-0.05, 0) is 43.7 Å². The van der Waals surface area contributed by atoms with E-state index >= 15 is 0 Å². The van der Waals surface area contributed by atoms with Crippen LogP contribution in [0.4, 0.5) is 0 Å². The fourth-order valence-electron chi connectivity index (χ4n) is 2.91. The predicted octanol–water partition coefficient (Wildman–Crippen LogP) is 1.94. The summed E-state index contributed by atoms with van der Waals surface area (Å²) in [4.78, 5) is 16.8. The van der Waals surface area contributed by atoms with Crippen LogP contribution in [0.15, 0.2) is 0 Å². The molecule has 0 radical (unpaired) electrons. The minimum Gasteiger partial charge on any atom is -0.341 e. The third kappa shape index (κ3) is 5.80. The predicted molar refractivity (Wildman–Crippen MR) is 84.5 cm³/mol. The monoisotopic (exact) mass is 283 g/mol. The second-order valence-electron chi connectivity index (χ2n) is 7.17. The van der Waals surface area contributed by atoms with E-state index in [2.05, 4.69) is 32.6 Å². The number of nitrogens with zero attached hydrogens (tertiary/aromatic N) is 2. The van der Waals surface area contributed by atoms with Crippen molar-refractivity contribution in [1.29, 1.82) is 0 Å². The van der Waals surface area contributed by atoms with Gasteiger partial charge in [0.05, 0.1) is 6.54 Å². The van der Waals surface area contributed by atoms with E-state index in [0.717, 1.165) is 39.0 Å². The molecule has 4 heteroatoms. The lowest BCUT2D eigenvalue weighted by molar-refractivity contribution is -0.134. The molecule has 1 aliphatic heterocycles. The van der Waals surface area contributed by atoms with Gasteiger partial charge in [-0.2, -0.15) is 0 Å². The SMILES string of the molecule is CCCN(CC(=O)N1CCCC(C)C1)CC(C)(C)CN. The molecule has 2 N–H and O–H groups in total. The second kappa shape index (κ2) is 7.99. The van der Waals surface area contributed by atoms with Gasteiger partial charge in [-0.1, -0.05) is 27.7 Å². The topological polar surface area (TPSA) is 49.6 Å². The lowest BCUT2D eigenvalue weighted by Crippen LogP contribution is -2.47. The number of rotatable bonds is 7. The highest BCUT2D eigenvalue weighted by Gasteiger charge is 2.25. The zero-order valence-corrected chi connectivity index (χ0v) is 13.8. The van der Waals surface area contributed by atoms with Crippen molar-refractivity contribution in [3.63, 3.8) is 0 Å². The molecule has 0 aromatic rings. The summed E-state index contributed by atoms with van der Waals surface area (Å²) in [5, 5.41) is 0. The Hall–Kier alpha value is -0.610. The third-order valence-electron chi connectivity index (χ3n) is 4.11. The van der Waals surface area contributed by atoms with Gasteiger partial charge in [0.15, 0.2) is 0 Å². The molecule has 1 saturated heterocycles. The van der Waals surface area contributed by atoms with E-state index in [1.54, 1.807) is 0 Å². The minimum atomic E-state index is 0.0740. The van der Waals surface area contributed by atoms with Gasteiger partial charge in [0, 0.05) is 19.6 Å². The summed E-state index contributed by atoms with van der Waals surface area (Å²) in [6, 6.07) is 0. The summed E-state index contributed by atoms with van der Waals surface area (Å²) in [6.07, 6.45) is 3.47. The second-order valence-corrected chi connectivity index (χ2v) is 7.17. The summed E-state index contributed by atoms with van der Waals surface area (Å²) in [6.45, 7) is 13.7. The average Bonchev–Trinajstić information content (AvgIpc) is 2.38. The van der Waals surface area contributed by atoms with Gasteiger partial charge in [-0.15, -0.1) is 0 Å². The molecule has 1 aliphatic rings. The van der Waals surface area contributed by atoms with Crippen molar-refractivity contribution in [2.75, 3.05) is 39.3 Å². The maximum Gasteiger partial charge on any atom is 0.236 e. The van der Waals surface area contributed by atoms with Gasteiger partial charge in [-0.3, -0.25) is 9.69 Å². The fourth-order valence-corrected chi connectivity index (χ4v) is 2.91. The van der Waals surface area contributed by atoms with E-state index in [4.69, 9.17) is 5.73 Å². The molecule has 0 aliphatic carbocycles. The van der Waals surface area contributed by atoms with Crippen LogP contribution in [0.2, 0.25) is 0 Å². The normalized spacial score (nSPS) is 20.5. The summed E-state index contributed by atoms with van der Waals surface area (Å²) >= 11 is 0. The first-order valence-corrected chi connectivity index (χ1v) is 8.08. The maximum absolute atomic E-state index is 12.5. The van der Waals surface area contributed by atoms with Crippen molar-refractivity contribution >= 4 is 5.91 Å². The smallest absolute Gasteiger partial charge is 0.236 e. The summed E-state index contributed by atoms with van der Waals surface area (Å²) in [7, 11) is 0. The van der Waals surface area contributed by atoms with Crippen LogP contribution in [0, 0.1) is 11.3 Å². The molecule has 1 fully saturated rings. The standard InChI is InChI=1S/C16H33N3O/c1-5-8-18(13-16(3,4)12-17)11-15(20)19-9-6-7-14(2)10-19/h14H,5-13,17H2,1-4H3. The maximum atomic E-state index is 12.5. The van der Waals surface area contributed by atoms with E-state index in [-0.39, 0.29) is 11.3 Å². The number of nitrogens with two attached hydrogens (primary N) is 1. The van der Waals surface area contributed by atoms with Crippen LogP contribution in [-0.2, 0) is 4.79 Å². The van der Waals surface area contributed by atoms with E-state index in [1.807, 2.05) is 4.90 Å². The van der Waals surface area contributed by atoms with Gasteiger partial charge >= 0.3 is 0 Å². The van der Waals surface area contributed by atoms with Gasteiger partial charge in [0.2, 0.25) is 5.91 Å². The average molecular weight is 283 g/mol. The molecule has 1 rings (SSSR count). The Morgan fingerprint density at radius 2 is 2.15 bits per heavy atom. The van der Waals surface area contributed by atoms with Crippen molar-refractivity contribution in [1.82, 2.24) is 9.80 Å². The Morgan fingerprint density at radius 1 is 1.45 bits per heavy atom. The van der Waals surface area contributed by atoms with Crippen LogP contribution >= 0.6 is 0 Å². The highest BCUT2D eigenvalue weighted by molar-refractivity contribution is 5.78. The van der Waals surface area contributed by atoms with Crippen molar-refractivity contribution in [3.8, 4) is 0 Å². The van der Waals surface area contributed by atoms with Crippen molar-refractivity contribution in [3.05, 3.63) is 0 Å². The molecule has 118 valence electrons. The summed E-state index contributed by atoms with van der Waals surface area (Å²) < 4.78 is 0. The van der Waals surface area contributed by atoms with Crippen LogP contribution in [0.3, 0.4) is 0 Å². The molecule has 20 heavy (non-hydrogen) atoms. The first kappa shape index (κ1) is 17.4. The molecule has 1 amide bonds. The van der Waals surface area contributed by atoms with Crippen molar-refractivity contribution < 1.29 is 4.79 Å². The van der Waals surface area contributed by atoms with E-state index < -0.39 is 0 Å². The molecule has 1 unspecified atom stereocenters. The van der Waals surface area contributed by atoms with Crippen LogP contribution in [0.5, 0.6) is 0 Å². The van der Waals surface area contributed by atoms with Gasteiger partial charge < -0.3 is 10.6 Å². The van der Waals surface area contributed by atoms with Crippen molar-refractivity contribution in [2.24, 2.45) is 17.1 Å². The number of likely N-dealkylation sites (tertiary alicyclic amines) is 1. The zero-order chi connectivity index (χ0) is 15.2. The molecular formula is C16H33N3O. The molecule has 4 nitrogen and oxygen atoms in total. The Kier molecular flexibility index (Phi) is 6.96. The van der Waals surface area contributed by atoms with Crippen molar-refractivity contribution in [2.45, 2.75) is 47.0 Å². The highest BCUT2D eigenvalue weighted by atomic mass is 16.2. The number of carbonyl (C=O) groups is 1. The number of carbonyl (C=O) groups excluding carboxylic acids is 1. The first-order chi connectivity index (χ1) is 9.38. The molecular weight excluding hydrogens is 250 g/mol. The molecule has 1 atom stereocenters. The Bertz CT molecular complexity index is 304. The number of hydrogen-bond donors (Lipinski definition) is 1. The van der Waals surface area contributed by atoms with Crippen LogP contribution in [0.1, 0.15) is 47.0 Å². The highest BCUT2D eigenvalue weighted by Crippen LogP contribution is 2.18. The lowest BCUT2D eigenvalue weighted by atomic mass is 9.93. The molecule has 0 aromatic carbocycles. The number of hydrogen-bond acceptors (Lipinski definition) is 3. The Balaban J connectivity index is 2.53. The van der Waals surface area contributed by atoms with Crippen LogP contribution < -0.4 is 5.73 Å². The summed E-state index contributed by atoms with van der Waals surface area (Å²) in [5.74, 6) is 0.936. The molecule has 0 bridgehead atoms. The van der Waals surface area contributed by atoms with Gasteiger partial charge in [0.1, 0.15) is 0 Å². The van der Waals surface area contributed by atoms with Gasteiger partial charge in [-0.25, -0.2) is 0 Å². The largest absolute Gasteiger partial charge is 0.341 e. The minimum absolute atomic E-state index is 0.0740. The number of piperidine rings is 1. The summed E-state index contributed by atoms with van der Waals surface area (Å²) in [5.41, 5.74) is 5.89. The quantitative estimate of drug-likeness (QED) is 0.777. The molecule has 0 spiro atoms. The van der Waals surface area contributed by atoms with E-state index in [0.29, 0.717) is 19.0 Å². The molecule has 0 aromatic heterocycles. The van der Waals surface area contributed by atoms with Crippen LogP contribution in [-0.4, -0.2) is 55.0 Å².